The number of hydrogen-bond donors (Lipinski definition) is 1. The minimum absolute atomic E-state index is 0.0357. The van der Waals surface area contributed by atoms with Crippen LogP contribution in [0.25, 0.3) is 0 Å². The minimum Gasteiger partial charge on any atom is -0.496 e. The Morgan fingerprint density at radius 3 is 2.46 bits per heavy atom. The highest BCUT2D eigenvalue weighted by Crippen LogP contribution is 2.38. The number of benzene rings is 2. The lowest BCUT2D eigenvalue weighted by Crippen LogP contribution is -2.39. The summed E-state index contributed by atoms with van der Waals surface area (Å²) in [6.07, 6.45) is 1.29. The first-order chi connectivity index (χ1) is 12.5. The largest absolute Gasteiger partial charge is 0.496 e. The molecule has 1 N–H and O–H groups in total. The van der Waals surface area contributed by atoms with Gasteiger partial charge in [0.05, 0.1) is 19.1 Å². The van der Waals surface area contributed by atoms with E-state index in [1.807, 2.05) is 30.3 Å². The van der Waals surface area contributed by atoms with Crippen LogP contribution in [0.1, 0.15) is 30.0 Å². The van der Waals surface area contributed by atoms with Crippen molar-refractivity contribution in [1.82, 2.24) is 4.90 Å². The van der Waals surface area contributed by atoms with Crippen LogP contribution in [-0.4, -0.2) is 36.2 Å². The smallest absolute Gasteiger partial charge is 0.306 e. The number of carboxylic acid groups (broad SMARTS) is 1. The highest BCUT2D eigenvalue weighted by atomic mass is 79.9. The molecule has 0 spiro atoms. The number of aliphatic carboxylic acids is 1. The monoisotopic (exact) mass is 437 g/mol. The number of methoxy groups -OCH3 is 1. The third kappa shape index (κ3) is 4.22. The molecule has 1 unspecified atom stereocenters. The van der Waals surface area contributed by atoms with E-state index in [4.69, 9.17) is 16.3 Å². The second kappa shape index (κ2) is 8.42. The summed E-state index contributed by atoms with van der Waals surface area (Å²) in [6, 6.07) is 13.8. The Morgan fingerprint density at radius 2 is 1.88 bits per heavy atom. The zero-order chi connectivity index (χ0) is 18.7. The molecule has 26 heavy (non-hydrogen) atoms. The van der Waals surface area contributed by atoms with Crippen LogP contribution in [0, 0.1) is 5.92 Å². The Bertz CT molecular complexity index is 773. The predicted molar refractivity (Wildman–Crippen MR) is 106 cm³/mol. The van der Waals surface area contributed by atoms with Crippen molar-refractivity contribution in [1.29, 1.82) is 0 Å². The molecule has 3 rings (SSSR count). The van der Waals surface area contributed by atoms with Crippen molar-refractivity contribution < 1.29 is 14.6 Å². The molecular formula is C20H21BrClNO3. The summed E-state index contributed by atoms with van der Waals surface area (Å²) in [6.45, 7) is 1.43. The molecule has 1 fully saturated rings. The molecule has 4 nitrogen and oxygen atoms in total. The molecule has 0 amide bonds. The average molecular weight is 439 g/mol. The third-order valence-corrected chi connectivity index (χ3v) is 5.68. The van der Waals surface area contributed by atoms with E-state index in [2.05, 4.69) is 33.0 Å². The second-order valence-electron chi connectivity index (χ2n) is 6.49. The van der Waals surface area contributed by atoms with Gasteiger partial charge in [0.15, 0.2) is 0 Å². The van der Waals surface area contributed by atoms with Gasteiger partial charge in [0.2, 0.25) is 0 Å². The number of likely N-dealkylation sites (tertiary alicyclic amines) is 1. The van der Waals surface area contributed by atoms with Gasteiger partial charge in [-0.25, -0.2) is 0 Å². The zero-order valence-electron chi connectivity index (χ0n) is 14.5. The number of rotatable bonds is 5. The summed E-state index contributed by atoms with van der Waals surface area (Å²) in [5.41, 5.74) is 2.12. The molecule has 138 valence electrons. The quantitative estimate of drug-likeness (QED) is 0.714. The Labute approximate surface area is 166 Å². The fourth-order valence-electron chi connectivity index (χ4n) is 3.56. The van der Waals surface area contributed by atoms with Gasteiger partial charge in [0.1, 0.15) is 5.75 Å². The van der Waals surface area contributed by atoms with Gasteiger partial charge in [0.25, 0.3) is 0 Å². The fourth-order valence-corrected chi connectivity index (χ4v) is 4.00. The van der Waals surface area contributed by atoms with Gasteiger partial charge in [-0.1, -0.05) is 39.7 Å². The van der Waals surface area contributed by atoms with E-state index in [9.17, 15) is 9.90 Å². The third-order valence-electron chi connectivity index (χ3n) is 4.92. The molecule has 1 aliphatic rings. The summed E-state index contributed by atoms with van der Waals surface area (Å²) in [5.74, 6) is -0.189. The lowest BCUT2D eigenvalue weighted by molar-refractivity contribution is -0.143. The molecular weight excluding hydrogens is 418 g/mol. The SMILES string of the molecule is COc1ccc(Cl)cc1C(c1ccc(Br)cc1)N1CCC(C(=O)O)CC1. The first kappa shape index (κ1) is 19.2. The minimum atomic E-state index is -0.704. The van der Waals surface area contributed by atoms with Crippen molar-refractivity contribution in [2.75, 3.05) is 20.2 Å². The van der Waals surface area contributed by atoms with E-state index in [0.717, 1.165) is 21.3 Å². The van der Waals surface area contributed by atoms with Crippen LogP contribution >= 0.6 is 27.5 Å². The molecule has 6 heteroatoms. The molecule has 0 radical (unpaired) electrons. The van der Waals surface area contributed by atoms with E-state index in [0.29, 0.717) is 31.0 Å². The Balaban J connectivity index is 1.99. The summed E-state index contributed by atoms with van der Waals surface area (Å²) >= 11 is 9.76. The number of piperidine rings is 1. The summed E-state index contributed by atoms with van der Waals surface area (Å²) in [5, 5.41) is 9.94. The van der Waals surface area contributed by atoms with Gasteiger partial charge < -0.3 is 9.84 Å². The molecule has 2 aromatic rings. The van der Waals surface area contributed by atoms with Crippen LogP contribution in [-0.2, 0) is 4.79 Å². The van der Waals surface area contributed by atoms with Crippen molar-refractivity contribution in [2.24, 2.45) is 5.92 Å². The Hall–Kier alpha value is -1.56. The maximum Gasteiger partial charge on any atom is 0.306 e. The van der Waals surface area contributed by atoms with E-state index < -0.39 is 5.97 Å². The van der Waals surface area contributed by atoms with Gasteiger partial charge in [-0.3, -0.25) is 9.69 Å². The molecule has 0 aromatic heterocycles. The standard InChI is InChI=1S/C20H21BrClNO3/c1-26-18-7-6-16(22)12-17(18)19(13-2-4-15(21)5-3-13)23-10-8-14(9-11-23)20(24)25/h2-7,12,14,19H,8-11H2,1H3,(H,24,25). The number of carboxylic acids is 1. The Morgan fingerprint density at radius 1 is 1.23 bits per heavy atom. The summed E-state index contributed by atoms with van der Waals surface area (Å²) in [4.78, 5) is 13.6. The van der Waals surface area contributed by atoms with Crippen LogP contribution in [0.5, 0.6) is 5.75 Å². The van der Waals surface area contributed by atoms with Crippen molar-refractivity contribution >= 4 is 33.5 Å². The highest BCUT2D eigenvalue weighted by molar-refractivity contribution is 9.10. The molecule has 1 atom stereocenters. The number of carbonyl (C=O) groups is 1. The van der Waals surface area contributed by atoms with Crippen molar-refractivity contribution in [2.45, 2.75) is 18.9 Å². The molecule has 1 aliphatic heterocycles. The molecule has 0 aliphatic carbocycles. The van der Waals surface area contributed by atoms with Crippen LogP contribution in [0.15, 0.2) is 46.9 Å². The maximum atomic E-state index is 11.3. The van der Waals surface area contributed by atoms with E-state index >= 15 is 0 Å². The summed E-state index contributed by atoms with van der Waals surface area (Å²) in [7, 11) is 1.65. The first-order valence-electron chi connectivity index (χ1n) is 8.55. The molecule has 2 aromatic carbocycles. The maximum absolute atomic E-state index is 11.3. The zero-order valence-corrected chi connectivity index (χ0v) is 16.8. The fraction of sp³-hybridized carbons (Fsp3) is 0.350. The van der Waals surface area contributed by atoms with E-state index in [-0.39, 0.29) is 12.0 Å². The second-order valence-corrected chi connectivity index (χ2v) is 7.84. The molecule has 0 saturated carbocycles. The lowest BCUT2D eigenvalue weighted by atomic mass is 9.91. The number of halogens is 2. The van der Waals surface area contributed by atoms with Gasteiger partial charge in [-0.2, -0.15) is 0 Å². The molecule has 0 bridgehead atoms. The first-order valence-corrected chi connectivity index (χ1v) is 9.72. The van der Waals surface area contributed by atoms with Crippen LogP contribution in [0.4, 0.5) is 0 Å². The lowest BCUT2D eigenvalue weighted by Gasteiger charge is -2.37. The van der Waals surface area contributed by atoms with Crippen LogP contribution < -0.4 is 4.74 Å². The molecule has 1 heterocycles. The topological polar surface area (TPSA) is 49.8 Å². The van der Waals surface area contributed by atoms with Crippen molar-refractivity contribution in [3.63, 3.8) is 0 Å². The normalized spacial score (nSPS) is 17.0. The molecule has 1 saturated heterocycles. The van der Waals surface area contributed by atoms with E-state index in [1.165, 1.54) is 0 Å². The Kier molecular flexibility index (Phi) is 6.22. The predicted octanol–water partition coefficient (Wildman–Crippen LogP) is 5.00. The van der Waals surface area contributed by atoms with Gasteiger partial charge >= 0.3 is 5.97 Å². The number of hydrogen-bond acceptors (Lipinski definition) is 3. The van der Waals surface area contributed by atoms with Crippen LogP contribution in [0.3, 0.4) is 0 Å². The van der Waals surface area contributed by atoms with Gasteiger partial charge in [-0.15, -0.1) is 0 Å². The number of ether oxygens (including phenoxy) is 1. The average Bonchev–Trinajstić information content (AvgIpc) is 2.64. The van der Waals surface area contributed by atoms with Crippen molar-refractivity contribution in [3.8, 4) is 5.75 Å². The van der Waals surface area contributed by atoms with Crippen molar-refractivity contribution in [3.05, 3.63) is 63.1 Å². The van der Waals surface area contributed by atoms with E-state index in [1.54, 1.807) is 7.11 Å². The summed E-state index contributed by atoms with van der Waals surface area (Å²) < 4.78 is 6.60. The highest BCUT2D eigenvalue weighted by Gasteiger charge is 2.31. The van der Waals surface area contributed by atoms with Gasteiger partial charge in [0, 0.05) is 15.1 Å². The van der Waals surface area contributed by atoms with Gasteiger partial charge in [-0.05, 0) is 61.8 Å². The van der Waals surface area contributed by atoms with Crippen LogP contribution in [0.2, 0.25) is 5.02 Å². The number of nitrogens with zero attached hydrogens (tertiary/aromatic N) is 1.